The molecule has 0 aliphatic carbocycles. The molecule has 0 saturated carbocycles. The summed E-state index contributed by atoms with van der Waals surface area (Å²) in [6.07, 6.45) is -4.20. The average molecular weight is 303 g/mol. The fourth-order valence-electron chi connectivity index (χ4n) is 1.98. The van der Waals surface area contributed by atoms with Gasteiger partial charge in [-0.2, -0.15) is 13.2 Å². The summed E-state index contributed by atoms with van der Waals surface area (Å²) in [4.78, 5) is 12.7. The number of alkyl halides is 3. The molecule has 0 radical (unpaired) electrons. The van der Waals surface area contributed by atoms with Gasteiger partial charge in [0.1, 0.15) is 0 Å². The molecule has 4 nitrogen and oxygen atoms in total. The van der Waals surface area contributed by atoms with Gasteiger partial charge in [0.25, 0.3) is 0 Å². The smallest absolute Gasteiger partial charge is 0.294 e. The van der Waals surface area contributed by atoms with Crippen LogP contribution < -0.4 is 11.3 Å². The summed E-state index contributed by atoms with van der Waals surface area (Å²) in [6, 6.07) is 6.93. The van der Waals surface area contributed by atoms with Gasteiger partial charge in [-0.15, -0.1) is 0 Å². The zero-order valence-electron chi connectivity index (χ0n) is 12.1. The third-order valence-corrected chi connectivity index (χ3v) is 3.27. The van der Waals surface area contributed by atoms with Gasteiger partial charge in [0.05, 0.1) is 12.5 Å². The van der Waals surface area contributed by atoms with Crippen LogP contribution >= 0.6 is 0 Å². The van der Waals surface area contributed by atoms with Crippen molar-refractivity contribution in [1.82, 2.24) is 10.3 Å². The molecule has 0 aromatic heterocycles. The van der Waals surface area contributed by atoms with Gasteiger partial charge in [-0.05, 0) is 24.6 Å². The molecule has 0 aliphatic heterocycles. The van der Waals surface area contributed by atoms with E-state index in [4.69, 9.17) is 5.84 Å². The third kappa shape index (κ3) is 5.73. The van der Waals surface area contributed by atoms with E-state index in [2.05, 4.69) is 5.43 Å². The second-order valence-corrected chi connectivity index (χ2v) is 4.89. The number of carbonyl (C=O) groups is 1. The Morgan fingerprint density at radius 2 is 1.90 bits per heavy atom. The van der Waals surface area contributed by atoms with Crippen molar-refractivity contribution in [3.63, 3.8) is 0 Å². The molecular formula is C14H20F3N3O. The van der Waals surface area contributed by atoms with Crippen molar-refractivity contribution in [2.75, 3.05) is 13.1 Å². The van der Waals surface area contributed by atoms with Crippen LogP contribution in [0.4, 0.5) is 13.2 Å². The van der Waals surface area contributed by atoms with Crippen LogP contribution in [0.15, 0.2) is 24.3 Å². The van der Waals surface area contributed by atoms with Gasteiger partial charge in [0.15, 0.2) is 0 Å². The first-order valence-corrected chi connectivity index (χ1v) is 6.65. The number of hydrazine groups is 1. The van der Waals surface area contributed by atoms with E-state index in [-0.39, 0.29) is 12.5 Å². The van der Waals surface area contributed by atoms with Crippen LogP contribution in [0.1, 0.15) is 30.9 Å². The van der Waals surface area contributed by atoms with Gasteiger partial charge in [0, 0.05) is 6.54 Å². The number of nitrogens with zero attached hydrogens (tertiary/aromatic N) is 1. The summed E-state index contributed by atoms with van der Waals surface area (Å²) in [5, 5.41) is 0. The highest BCUT2D eigenvalue weighted by atomic mass is 19.4. The third-order valence-electron chi connectivity index (χ3n) is 3.27. The molecule has 3 N–H and O–H groups in total. The summed E-state index contributed by atoms with van der Waals surface area (Å²) < 4.78 is 37.2. The Morgan fingerprint density at radius 3 is 2.33 bits per heavy atom. The molecular weight excluding hydrogens is 283 g/mol. The van der Waals surface area contributed by atoms with Crippen LogP contribution in [-0.4, -0.2) is 30.1 Å². The van der Waals surface area contributed by atoms with Crippen molar-refractivity contribution < 1.29 is 18.0 Å². The lowest BCUT2D eigenvalue weighted by Crippen LogP contribution is -2.34. The Morgan fingerprint density at radius 1 is 1.33 bits per heavy atom. The predicted octanol–water partition coefficient (Wildman–Crippen LogP) is 2.16. The van der Waals surface area contributed by atoms with Gasteiger partial charge < -0.3 is 0 Å². The minimum absolute atomic E-state index is 0.216. The molecule has 1 rings (SSSR count). The van der Waals surface area contributed by atoms with Crippen molar-refractivity contribution in [2.45, 2.75) is 32.5 Å². The van der Waals surface area contributed by atoms with Crippen LogP contribution in [-0.2, 0) is 11.3 Å². The fourth-order valence-corrected chi connectivity index (χ4v) is 1.98. The number of halogens is 3. The Hall–Kier alpha value is -1.60. The van der Waals surface area contributed by atoms with Crippen molar-refractivity contribution in [2.24, 2.45) is 5.84 Å². The number of amides is 1. The highest BCUT2D eigenvalue weighted by Crippen LogP contribution is 2.19. The van der Waals surface area contributed by atoms with E-state index in [0.29, 0.717) is 6.54 Å². The molecule has 118 valence electrons. The van der Waals surface area contributed by atoms with Gasteiger partial charge in [-0.3, -0.25) is 15.1 Å². The number of nitrogens with two attached hydrogens (primary N) is 1. The molecule has 1 unspecified atom stereocenters. The van der Waals surface area contributed by atoms with E-state index in [0.717, 1.165) is 11.1 Å². The number of hydrogen-bond acceptors (Lipinski definition) is 3. The van der Waals surface area contributed by atoms with Crippen molar-refractivity contribution in [3.05, 3.63) is 35.4 Å². The quantitative estimate of drug-likeness (QED) is 0.481. The first kappa shape index (κ1) is 17.5. The number of hydrogen-bond donors (Lipinski definition) is 2. The molecule has 0 saturated heterocycles. The van der Waals surface area contributed by atoms with Crippen molar-refractivity contribution in [3.8, 4) is 0 Å². The summed E-state index contributed by atoms with van der Waals surface area (Å²) in [5.41, 5.74) is 3.61. The summed E-state index contributed by atoms with van der Waals surface area (Å²) in [6.45, 7) is 2.99. The second-order valence-electron chi connectivity index (χ2n) is 4.89. The van der Waals surface area contributed by atoms with E-state index in [1.807, 2.05) is 0 Å². The maximum absolute atomic E-state index is 12.4. The monoisotopic (exact) mass is 303 g/mol. The molecule has 1 aromatic rings. The first-order valence-electron chi connectivity index (χ1n) is 6.65. The molecule has 1 aromatic carbocycles. The van der Waals surface area contributed by atoms with Crippen LogP contribution in [0.2, 0.25) is 0 Å². The molecule has 0 heterocycles. The lowest BCUT2D eigenvalue weighted by molar-refractivity contribution is -0.146. The highest BCUT2D eigenvalue weighted by Gasteiger charge is 2.30. The van der Waals surface area contributed by atoms with Crippen LogP contribution in [0, 0.1) is 0 Å². The molecule has 1 atom stereocenters. The van der Waals surface area contributed by atoms with Crippen molar-refractivity contribution >= 4 is 5.91 Å². The zero-order valence-corrected chi connectivity index (χ0v) is 12.1. The molecule has 0 spiro atoms. The molecule has 1 amide bonds. The standard InChI is InChI=1S/C14H20F3N3O/c1-3-20(9-14(15,16)17)8-11-4-6-12(7-5-11)10(2)13(21)19-18/h4-7,10H,3,8-9,18H2,1-2H3,(H,19,21). The summed E-state index contributed by atoms with van der Waals surface area (Å²) in [5.74, 6) is 4.36. The Balaban J connectivity index is 2.71. The minimum Gasteiger partial charge on any atom is -0.294 e. The molecule has 0 bridgehead atoms. The number of nitrogens with one attached hydrogen (secondary N) is 1. The topological polar surface area (TPSA) is 58.4 Å². The Kier molecular flexibility index (Phi) is 6.17. The van der Waals surface area contributed by atoms with E-state index < -0.39 is 18.6 Å². The highest BCUT2D eigenvalue weighted by molar-refractivity contribution is 5.82. The van der Waals surface area contributed by atoms with E-state index in [1.54, 1.807) is 38.1 Å². The number of benzene rings is 1. The van der Waals surface area contributed by atoms with Gasteiger partial charge in [-0.25, -0.2) is 5.84 Å². The lowest BCUT2D eigenvalue weighted by Gasteiger charge is -2.22. The molecule has 0 fully saturated rings. The Bertz CT molecular complexity index is 460. The van der Waals surface area contributed by atoms with Crippen molar-refractivity contribution in [1.29, 1.82) is 0 Å². The SMILES string of the molecule is CCN(Cc1ccc(C(C)C(=O)NN)cc1)CC(F)(F)F. The summed E-state index contributed by atoms with van der Waals surface area (Å²) >= 11 is 0. The number of rotatable bonds is 6. The van der Waals surface area contributed by atoms with Gasteiger partial charge >= 0.3 is 6.18 Å². The summed E-state index contributed by atoms with van der Waals surface area (Å²) in [7, 11) is 0. The van der Waals surface area contributed by atoms with Crippen LogP contribution in [0.5, 0.6) is 0 Å². The number of carbonyl (C=O) groups excluding carboxylic acids is 1. The zero-order chi connectivity index (χ0) is 16.0. The lowest BCUT2D eigenvalue weighted by atomic mass is 9.99. The predicted molar refractivity (Wildman–Crippen MR) is 74.2 cm³/mol. The molecule has 0 aliphatic rings. The van der Waals surface area contributed by atoms with Crippen LogP contribution in [0.25, 0.3) is 0 Å². The Labute approximate surface area is 122 Å². The molecule has 21 heavy (non-hydrogen) atoms. The molecule has 7 heteroatoms. The van der Waals surface area contributed by atoms with E-state index >= 15 is 0 Å². The van der Waals surface area contributed by atoms with E-state index in [9.17, 15) is 18.0 Å². The second kappa shape index (κ2) is 7.42. The van der Waals surface area contributed by atoms with Gasteiger partial charge in [-0.1, -0.05) is 31.2 Å². The normalized spacial score (nSPS) is 13.3. The van der Waals surface area contributed by atoms with E-state index in [1.165, 1.54) is 4.90 Å². The first-order chi connectivity index (χ1) is 9.76. The largest absolute Gasteiger partial charge is 0.401 e. The van der Waals surface area contributed by atoms with Crippen LogP contribution in [0.3, 0.4) is 0 Å². The minimum atomic E-state index is -4.20. The maximum Gasteiger partial charge on any atom is 0.401 e. The van der Waals surface area contributed by atoms with Gasteiger partial charge in [0.2, 0.25) is 5.91 Å². The fraction of sp³-hybridized carbons (Fsp3) is 0.500. The average Bonchev–Trinajstić information content (AvgIpc) is 2.44. The maximum atomic E-state index is 12.4.